The van der Waals surface area contributed by atoms with E-state index in [4.69, 9.17) is 11.5 Å². The van der Waals surface area contributed by atoms with Crippen molar-refractivity contribution in [1.29, 1.82) is 0 Å². The number of hydrogen-bond donors (Lipinski definition) is 7. The summed E-state index contributed by atoms with van der Waals surface area (Å²) in [6, 6.07) is 3.17. The van der Waals surface area contributed by atoms with Crippen LogP contribution in [0.2, 0.25) is 0 Å². The lowest BCUT2D eigenvalue weighted by atomic mass is 10.0. The molecule has 0 saturated carbocycles. The quantitative estimate of drug-likeness (QED) is 0.239. The van der Waals surface area contributed by atoms with E-state index in [9.17, 15) is 29.4 Å². The second-order valence-corrected chi connectivity index (χ2v) is 6.96. The Morgan fingerprint density at radius 1 is 1.10 bits per heavy atom. The van der Waals surface area contributed by atoms with Gasteiger partial charge < -0.3 is 37.3 Å². The van der Waals surface area contributed by atoms with Gasteiger partial charge in [-0.3, -0.25) is 14.4 Å². The highest BCUT2D eigenvalue weighted by Crippen LogP contribution is 2.19. The maximum atomic E-state index is 12.6. The Morgan fingerprint density at radius 3 is 2.33 bits per heavy atom. The summed E-state index contributed by atoms with van der Waals surface area (Å²) in [7, 11) is 0. The summed E-state index contributed by atoms with van der Waals surface area (Å²) in [5.74, 6) is -3.97. The van der Waals surface area contributed by atoms with Crippen molar-refractivity contribution in [2.45, 2.75) is 44.0 Å². The first-order valence-corrected chi connectivity index (χ1v) is 9.20. The van der Waals surface area contributed by atoms with Crippen LogP contribution in [0.1, 0.15) is 18.9 Å². The van der Waals surface area contributed by atoms with Crippen LogP contribution in [0.3, 0.4) is 0 Å². The highest BCUT2D eigenvalue weighted by Gasteiger charge is 2.30. The Hall–Kier alpha value is -3.44. The highest BCUT2D eigenvalue weighted by molar-refractivity contribution is 5.95. The molecule has 0 aliphatic rings. The third-order valence-corrected chi connectivity index (χ3v) is 4.57. The average Bonchev–Trinajstić information content (AvgIpc) is 3.08. The first kappa shape index (κ1) is 22.8. The third-order valence-electron chi connectivity index (χ3n) is 4.57. The Morgan fingerprint density at radius 2 is 1.73 bits per heavy atom. The third kappa shape index (κ3) is 5.78. The maximum absolute atomic E-state index is 12.6. The number of carbonyl (C=O) groups excluding carboxylic acids is 3. The topological polar surface area (TPSA) is 201 Å². The molecule has 3 amide bonds. The maximum Gasteiger partial charge on any atom is 0.326 e. The van der Waals surface area contributed by atoms with Crippen LogP contribution < -0.4 is 22.1 Å². The molecule has 0 bridgehead atoms. The molecule has 4 atom stereocenters. The summed E-state index contributed by atoms with van der Waals surface area (Å²) in [6.45, 7) is 1.29. The van der Waals surface area contributed by atoms with Gasteiger partial charge in [-0.1, -0.05) is 18.2 Å². The van der Waals surface area contributed by atoms with Gasteiger partial charge in [0.2, 0.25) is 17.7 Å². The van der Waals surface area contributed by atoms with Crippen LogP contribution >= 0.6 is 0 Å². The van der Waals surface area contributed by atoms with E-state index in [0.717, 1.165) is 10.9 Å². The molecule has 0 aliphatic carbocycles. The van der Waals surface area contributed by atoms with Crippen molar-refractivity contribution in [3.05, 3.63) is 36.0 Å². The molecule has 2 rings (SSSR count). The number of nitrogens with one attached hydrogen (secondary N) is 3. The van der Waals surface area contributed by atoms with Crippen molar-refractivity contribution in [3.8, 4) is 0 Å². The van der Waals surface area contributed by atoms with E-state index in [2.05, 4.69) is 15.6 Å². The summed E-state index contributed by atoms with van der Waals surface area (Å²) in [5.41, 5.74) is 12.1. The van der Waals surface area contributed by atoms with Gasteiger partial charge in [0.05, 0.1) is 12.5 Å². The van der Waals surface area contributed by atoms with Gasteiger partial charge >= 0.3 is 5.97 Å². The molecule has 30 heavy (non-hydrogen) atoms. The molecule has 0 saturated heterocycles. The number of amides is 3. The summed E-state index contributed by atoms with van der Waals surface area (Å²) in [4.78, 5) is 50.7. The number of para-hydroxylation sites is 1. The molecule has 0 spiro atoms. The monoisotopic (exact) mass is 419 g/mol. The first-order valence-electron chi connectivity index (χ1n) is 9.20. The number of fused-ring (bicyclic) bond motifs is 1. The molecule has 9 N–H and O–H groups in total. The number of H-pyrrole nitrogens is 1. The lowest BCUT2D eigenvalue weighted by Crippen LogP contribution is -2.57. The minimum absolute atomic E-state index is 0.0322. The summed E-state index contributed by atoms with van der Waals surface area (Å²) >= 11 is 0. The number of carboxylic acids is 1. The van der Waals surface area contributed by atoms with Gasteiger partial charge in [0.1, 0.15) is 18.1 Å². The number of benzene rings is 1. The van der Waals surface area contributed by atoms with E-state index in [1.54, 1.807) is 12.3 Å². The van der Waals surface area contributed by atoms with Crippen molar-refractivity contribution in [2.24, 2.45) is 11.5 Å². The van der Waals surface area contributed by atoms with Crippen LogP contribution in [0, 0.1) is 0 Å². The molecular formula is C19H25N5O6. The van der Waals surface area contributed by atoms with Crippen LogP contribution in [0.25, 0.3) is 10.9 Å². The van der Waals surface area contributed by atoms with Gasteiger partial charge in [-0.15, -0.1) is 0 Å². The lowest BCUT2D eigenvalue weighted by Gasteiger charge is -2.22. The number of aliphatic hydroxyl groups is 1. The van der Waals surface area contributed by atoms with Gasteiger partial charge in [-0.25, -0.2) is 4.79 Å². The molecule has 0 aliphatic heterocycles. The highest BCUT2D eigenvalue weighted by atomic mass is 16.4. The molecule has 0 radical (unpaired) electrons. The van der Waals surface area contributed by atoms with E-state index >= 15 is 0 Å². The fraction of sp³-hybridized carbons (Fsp3) is 0.368. The number of aliphatic carboxylic acids is 1. The van der Waals surface area contributed by atoms with Gasteiger partial charge in [-0.2, -0.15) is 0 Å². The van der Waals surface area contributed by atoms with Crippen molar-refractivity contribution >= 4 is 34.6 Å². The Balaban J connectivity index is 2.16. The lowest BCUT2D eigenvalue weighted by molar-refractivity contribution is -0.142. The van der Waals surface area contributed by atoms with E-state index < -0.39 is 54.3 Å². The smallest absolute Gasteiger partial charge is 0.326 e. The Labute approximate surface area is 171 Å². The molecule has 11 nitrogen and oxygen atoms in total. The van der Waals surface area contributed by atoms with Crippen LogP contribution in [-0.2, 0) is 25.6 Å². The predicted molar refractivity (Wildman–Crippen MR) is 107 cm³/mol. The Bertz CT molecular complexity index is 940. The van der Waals surface area contributed by atoms with E-state index in [-0.39, 0.29) is 6.42 Å². The van der Waals surface area contributed by atoms with E-state index in [0.29, 0.717) is 5.56 Å². The second-order valence-electron chi connectivity index (χ2n) is 6.96. The Kier molecular flexibility index (Phi) is 7.50. The number of aromatic nitrogens is 1. The summed E-state index contributed by atoms with van der Waals surface area (Å²) < 4.78 is 0. The normalized spacial score (nSPS) is 15.0. The molecular weight excluding hydrogens is 394 g/mol. The fourth-order valence-corrected chi connectivity index (χ4v) is 2.89. The van der Waals surface area contributed by atoms with Crippen LogP contribution in [0.4, 0.5) is 0 Å². The number of rotatable bonds is 10. The molecule has 0 unspecified atom stereocenters. The molecule has 0 fully saturated rings. The number of aromatic amines is 1. The van der Waals surface area contributed by atoms with Crippen LogP contribution in [0.5, 0.6) is 0 Å². The molecule has 1 aromatic heterocycles. The predicted octanol–water partition coefficient (Wildman–Crippen LogP) is -1.65. The van der Waals surface area contributed by atoms with Gasteiger partial charge in [0.25, 0.3) is 0 Å². The number of nitrogens with two attached hydrogens (primary N) is 2. The number of hydrogen-bond acceptors (Lipinski definition) is 6. The molecule has 1 aromatic carbocycles. The number of aliphatic hydroxyl groups excluding tert-OH is 1. The van der Waals surface area contributed by atoms with Gasteiger partial charge in [0, 0.05) is 23.5 Å². The molecule has 2 aromatic rings. The minimum atomic E-state index is -1.44. The van der Waals surface area contributed by atoms with Crippen LogP contribution in [-0.4, -0.2) is 63.1 Å². The summed E-state index contributed by atoms with van der Waals surface area (Å²) in [6.07, 6.45) is -0.147. The van der Waals surface area contributed by atoms with Crippen LogP contribution in [0.15, 0.2) is 30.5 Å². The fourth-order valence-electron chi connectivity index (χ4n) is 2.89. The van der Waals surface area contributed by atoms with Gasteiger partial charge in [-0.05, 0) is 18.6 Å². The zero-order valence-electron chi connectivity index (χ0n) is 16.3. The standard InChI is InChI=1S/C19H25N5O6/c1-9(25)16(21)18(28)23-13(7-15(20)26)17(27)24-14(19(29)30)6-10-8-22-12-5-3-2-4-11(10)12/h2-5,8-9,13-14,16,22,25H,6-7,21H2,1H3,(H2,20,26)(H,23,28)(H,24,27)(H,29,30)/t9-,13+,14+,16+/m1/s1. The van der Waals surface area contributed by atoms with E-state index in [1.165, 1.54) is 6.92 Å². The SMILES string of the molecule is C[C@@H](O)[C@H](N)C(=O)N[C@@H](CC(N)=O)C(=O)N[C@@H](Cc1c[nH]c2ccccc12)C(=O)O. The zero-order valence-corrected chi connectivity index (χ0v) is 16.3. The number of primary amides is 1. The largest absolute Gasteiger partial charge is 0.480 e. The van der Waals surface area contributed by atoms with Crippen molar-refractivity contribution < 1.29 is 29.4 Å². The van der Waals surface area contributed by atoms with Gasteiger partial charge in [0.15, 0.2) is 0 Å². The molecule has 162 valence electrons. The van der Waals surface area contributed by atoms with E-state index in [1.807, 2.05) is 18.2 Å². The average molecular weight is 419 g/mol. The summed E-state index contributed by atoms with van der Waals surface area (Å²) in [5, 5.41) is 24.3. The van der Waals surface area contributed by atoms with Crippen molar-refractivity contribution in [3.63, 3.8) is 0 Å². The zero-order chi connectivity index (χ0) is 22.4. The molecule has 11 heteroatoms. The second kappa shape index (κ2) is 9.85. The number of carboxylic acid groups (broad SMARTS) is 1. The van der Waals surface area contributed by atoms with Crippen molar-refractivity contribution in [2.75, 3.05) is 0 Å². The molecule has 1 heterocycles. The number of carbonyl (C=O) groups is 4. The first-order chi connectivity index (χ1) is 14.1. The minimum Gasteiger partial charge on any atom is -0.480 e. The van der Waals surface area contributed by atoms with Crippen molar-refractivity contribution in [1.82, 2.24) is 15.6 Å².